The third-order valence-corrected chi connectivity index (χ3v) is 8.35. The Kier molecular flexibility index (Phi) is 3.03. The number of rotatable bonds is 0. The summed E-state index contributed by atoms with van der Waals surface area (Å²) in [5, 5.41) is 0. The van der Waals surface area contributed by atoms with Gasteiger partial charge in [0.1, 0.15) is 8.67 Å². The summed E-state index contributed by atoms with van der Waals surface area (Å²) < 4.78 is -2.61. The topological polar surface area (TPSA) is 34.1 Å². The molecule has 0 saturated heterocycles. The number of Topliss-reactive ketones (excluding diaryl/α,β-unsaturated/α-hetero) is 2. The van der Waals surface area contributed by atoms with E-state index in [1.165, 1.54) is 0 Å². The zero-order valence-corrected chi connectivity index (χ0v) is 16.5. The van der Waals surface area contributed by atoms with Gasteiger partial charge in [-0.3, -0.25) is 9.59 Å². The maximum atomic E-state index is 13.1. The Balaban J connectivity index is 2.26. The Morgan fingerprint density at radius 1 is 0.682 bits per heavy atom. The SMILES string of the molecule is CC(C)(C)[C@]12C(=O)C(=O)[C@]3(C(C)(C)C)[C@H]([C@H]1C2(Cl)Cl)C3(Cl)Cl. The average Bonchev–Trinajstić information content (AvgIpc) is 2.99. The molecule has 3 fully saturated rings. The highest BCUT2D eigenvalue weighted by Gasteiger charge is 3.01. The summed E-state index contributed by atoms with van der Waals surface area (Å²) in [6.45, 7) is 11.3. The number of alkyl halides is 4. The van der Waals surface area contributed by atoms with E-state index in [9.17, 15) is 9.59 Å². The fourth-order valence-corrected chi connectivity index (χ4v) is 8.22. The van der Waals surface area contributed by atoms with Gasteiger partial charge < -0.3 is 0 Å². The van der Waals surface area contributed by atoms with Gasteiger partial charge in [-0.05, 0) is 10.8 Å². The second-order valence-electron chi connectivity index (χ2n) is 8.98. The summed E-state index contributed by atoms with van der Waals surface area (Å²) in [4.78, 5) is 26.2. The molecule has 0 aromatic carbocycles. The van der Waals surface area contributed by atoms with Crippen molar-refractivity contribution in [2.75, 3.05) is 0 Å². The molecule has 2 nitrogen and oxygen atoms in total. The molecule has 3 aliphatic rings. The third-order valence-electron chi connectivity index (χ3n) is 6.22. The number of fused-ring (bicyclic) bond motifs is 3. The molecule has 22 heavy (non-hydrogen) atoms. The highest BCUT2D eigenvalue weighted by molar-refractivity contribution is 6.63. The first-order valence-corrected chi connectivity index (χ1v) is 8.91. The maximum absolute atomic E-state index is 13.1. The fourth-order valence-electron chi connectivity index (χ4n) is 5.34. The molecule has 0 radical (unpaired) electrons. The van der Waals surface area contributed by atoms with Crippen molar-refractivity contribution in [3.05, 3.63) is 0 Å². The smallest absolute Gasteiger partial charge is 0.209 e. The van der Waals surface area contributed by atoms with Gasteiger partial charge >= 0.3 is 0 Å². The maximum Gasteiger partial charge on any atom is 0.209 e. The highest BCUT2D eigenvalue weighted by atomic mass is 35.5. The van der Waals surface area contributed by atoms with Gasteiger partial charge in [-0.25, -0.2) is 0 Å². The van der Waals surface area contributed by atoms with Crippen molar-refractivity contribution in [3.63, 3.8) is 0 Å². The fraction of sp³-hybridized carbons (Fsp3) is 0.875. The van der Waals surface area contributed by atoms with Crippen LogP contribution in [-0.2, 0) is 9.59 Å². The summed E-state index contributed by atoms with van der Waals surface area (Å²) in [5.74, 6) is -1.82. The van der Waals surface area contributed by atoms with Gasteiger partial charge in [-0.1, -0.05) is 41.5 Å². The highest BCUT2D eigenvalue weighted by Crippen LogP contribution is 2.93. The zero-order chi connectivity index (χ0) is 17.3. The molecule has 0 aliphatic heterocycles. The summed E-state index contributed by atoms with van der Waals surface area (Å²) >= 11 is 26.2. The van der Waals surface area contributed by atoms with Crippen LogP contribution in [0.2, 0.25) is 0 Å². The molecule has 0 bridgehead atoms. The molecule has 0 aromatic rings. The van der Waals surface area contributed by atoms with E-state index in [2.05, 4.69) is 0 Å². The predicted octanol–water partition coefficient (Wildman–Crippen LogP) is 4.81. The molecule has 0 aromatic heterocycles. The van der Waals surface area contributed by atoms with Gasteiger partial charge in [0.05, 0.1) is 10.8 Å². The van der Waals surface area contributed by atoms with E-state index in [-0.39, 0.29) is 0 Å². The molecular formula is C16H20Cl4O2. The summed E-state index contributed by atoms with van der Waals surface area (Å²) in [6.07, 6.45) is 0. The van der Waals surface area contributed by atoms with E-state index in [1.807, 2.05) is 41.5 Å². The Bertz CT molecular complexity index is 557. The molecular weight excluding hydrogens is 366 g/mol. The van der Waals surface area contributed by atoms with Gasteiger partial charge in [0, 0.05) is 11.8 Å². The lowest BCUT2D eigenvalue weighted by Crippen LogP contribution is -2.50. The van der Waals surface area contributed by atoms with E-state index in [0.29, 0.717) is 0 Å². The van der Waals surface area contributed by atoms with Gasteiger partial charge in [-0.15, -0.1) is 46.4 Å². The van der Waals surface area contributed by atoms with E-state index >= 15 is 0 Å². The van der Waals surface area contributed by atoms with Crippen LogP contribution < -0.4 is 0 Å². The lowest BCUT2D eigenvalue weighted by molar-refractivity contribution is -0.151. The summed E-state index contributed by atoms with van der Waals surface area (Å²) in [6, 6.07) is 0. The molecule has 4 atom stereocenters. The third kappa shape index (κ3) is 1.33. The van der Waals surface area contributed by atoms with Gasteiger partial charge in [0.2, 0.25) is 11.6 Å². The van der Waals surface area contributed by atoms with Crippen LogP contribution in [0.5, 0.6) is 0 Å². The van der Waals surface area contributed by atoms with E-state index < -0.39 is 53.7 Å². The van der Waals surface area contributed by atoms with Crippen LogP contribution in [0.1, 0.15) is 41.5 Å². The first-order chi connectivity index (χ1) is 9.55. The molecule has 0 unspecified atom stereocenters. The molecule has 0 spiro atoms. The second-order valence-corrected chi connectivity index (χ2v) is 11.7. The van der Waals surface area contributed by atoms with E-state index in [1.54, 1.807) is 0 Å². The Morgan fingerprint density at radius 3 is 1.09 bits per heavy atom. The Morgan fingerprint density at radius 2 is 0.909 bits per heavy atom. The van der Waals surface area contributed by atoms with Crippen LogP contribution in [0.3, 0.4) is 0 Å². The second kappa shape index (κ2) is 3.84. The lowest BCUT2D eigenvalue weighted by Gasteiger charge is -2.39. The van der Waals surface area contributed by atoms with Crippen molar-refractivity contribution in [3.8, 4) is 0 Å². The molecule has 3 saturated carbocycles. The number of ketones is 2. The summed E-state index contributed by atoms with van der Waals surface area (Å²) in [7, 11) is 0. The van der Waals surface area contributed by atoms with Gasteiger partial charge in [0.25, 0.3) is 0 Å². The molecule has 3 aliphatic carbocycles. The van der Waals surface area contributed by atoms with Gasteiger partial charge in [-0.2, -0.15) is 0 Å². The zero-order valence-electron chi connectivity index (χ0n) is 13.5. The first-order valence-electron chi connectivity index (χ1n) is 7.40. The van der Waals surface area contributed by atoms with Crippen LogP contribution in [0.15, 0.2) is 0 Å². The van der Waals surface area contributed by atoms with Crippen molar-refractivity contribution in [2.24, 2.45) is 33.5 Å². The van der Waals surface area contributed by atoms with Crippen LogP contribution >= 0.6 is 46.4 Å². The van der Waals surface area contributed by atoms with Crippen molar-refractivity contribution in [1.29, 1.82) is 0 Å². The average molecular weight is 386 g/mol. The van der Waals surface area contributed by atoms with E-state index in [0.717, 1.165) is 0 Å². The monoisotopic (exact) mass is 384 g/mol. The molecule has 6 heteroatoms. The number of hydrogen-bond donors (Lipinski definition) is 0. The van der Waals surface area contributed by atoms with Gasteiger partial charge in [0.15, 0.2) is 0 Å². The molecule has 0 heterocycles. The number of carbonyl (C=O) groups is 2. The van der Waals surface area contributed by atoms with E-state index in [4.69, 9.17) is 46.4 Å². The number of carbonyl (C=O) groups excluding carboxylic acids is 2. The molecule has 0 amide bonds. The molecule has 3 rings (SSSR count). The number of hydrogen-bond acceptors (Lipinski definition) is 2. The van der Waals surface area contributed by atoms with Crippen LogP contribution in [0.25, 0.3) is 0 Å². The molecule has 0 N–H and O–H groups in total. The van der Waals surface area contributed by atoms with Crippen LogP contribution in [-0.4, -0.2) is 20.2 Å². The predicted molar refractivity (Wildman–Crippen MR) is 89.6 cm³/mol. The summed E-state index contributed by atoms with van der Waals surface area (Å²) in [5.41, 5.74) is -3.31. The van der Waals surface area contributed by atoms with Crippen LogP contribution in [0, 0.1) is 33.5 Å². The van der Waals surface area contributed by atoms with Crippen molar-refractivity contribution < 1.29 is 9.59 Å². The quantitative estimate of drug-likeness (QED) is 0.442. The Hall–Kier alpha value is 0.500. The standard InChI is InChI=1S/C16H20Cl4O2/c1-11(2,3)13-7(15(13,17)18)8-14(12(4,5)6,16(8,19)20)10(22)9(13)21/h7-8H,1-6H3/t7-,8+,13-,14+. The van der Waals surface area contributed by atoms with Crippen molar-refractivity contribution in [1.82, 2.24) is 0 Å². The van der Waals surface area contributed by atoms with Crippen molar-refractivity contribution in [2.45, 2.75) is 50.2 Å². The minimum absolute atomic E-state index is 0.400. The normalized spacial score (nSPS) is 45.2. The minimum atomic E-state index is -1.30. The number of halogens is 4. The first kappa shape index (κ1) is 17.3. The minimum Gasteiger partial charge on any atom is -0.290 e. The largest absolute Gasteiger partial charge is 0.290 e. The Labute approximate surface area is 151 Å². The van der Waals surface area contributed by atoms with Crippen molar-refractivity contribution >= 4 is 58.0 Å². The molecule has 124 valence electrons. The lowest BCUT2D eigenvalue weighted by atomic mass is 9.62. The van der Waals surface area contributed by atoms with Crippen LogP contribution in [0.4, 0.5) is 0 Å².